The summed E-state index contributed by atoms with van der Waals surface area (Å²) in [5, 5.41) is 2.16. The minimum Gasteiger partial charge on any atom is -0.305 e. The Hall–Kier alpha value is -4.19. The van der Waals surface area contributed by atoms with E-state index in [1.54, 1.807) is 31.2 Å². The summed E-state index contributed by atoms with van der Waals surface area (Å²) in [6, 6.07) is 26.8. The van der Waals surface area contributed by atoms with Crippen molar-refractivity contribution in [2.45, 2.75) is 18.4 Å². The predicted molar refractivity (Wildman–Crippen MR) is 149 cm³/mol. The number of hydrogen-bond donors (Lipinski definition) is 0. The van der Waals surface area contributed by atoms with E-state index in [-0.39, 0.29) is 23.5 Å². The van der Waals surface area contributed by atoms with E-state index in [9.17, 15) is 13.2 Å². The molecule has 0 radical (unpaired) electrons. The molecule has 0 bridgehead atoms. The van der Waals surface area contributed by atoms with Gasteiger partial charge in [-0.3, -0.25) is 9.10 Å². The van der Waals surface area contributed by atoms with Gasteiger partial charge >= 0.3 is 0 Å². The van der Waals surface area contributed by atoms with Crippen molar-refractivity contribution in [3.8, 4) is 12.3 Å². The molecular formula is C29H23N3O3S2. The Morgan fingerprint density at radius 2 is 1.68 bits per heavy atom. The number of sulfonamides is 1. The number of carbonyl (C=O) groups is 1. The zero-order valence-corrected chi connectivity index (χ0v) is 21.7. The zero-order chi connectivity index (χ0) is 26.0. The molecule has 37 heavy (non-hydrogen) atoms. The maximum absolute atomic E-state index is 13.3. The van der Waals surface area contributed by atoms with Gasteiger partial charge < -0.3 is 4.57 Å². The second-order valence-corrected chi connectivity index (χ2v) is 11.1. The number of rotatable bonds is 6. The van der Waals surface area contributed by atoms with Crippen LogP contribution in [0.2, 0.25) is 0 Å². The Kier molecular flexibility index (Phi) is 6.66. The van der Waals surface area contributed by atoms with Crippen molar-refractivity contribution in [1.82, 2.24) is 4.57 Å². The highest BCUT2D eigenvalue weighted by atomic mass is 32.2. The summed E-state index contributed by atoms with van der Waals surface area (Å²) in [4.78, 5) is 18.1. The molecule has 0 aliphatic carbocycles. The molecule has 0 N–H and O–H groups in total. The number of anilines is 1. The van der Waals surface area contributed by atoms with Crippen LogP contribution in [0.4, 0.5) is 5.69 Å². The van der Waals surface area contributed by atoms with E-state index in [0.29, 0.717) is 10.5 Å². The molecule has 1 amide bonds. The summed E-state index contributed by atoms with van der Waals surface area (Å²) in [6.07, 6.45) is 5.62. The van der Waals surface area contributed by atoms with Crippen LogP contribution in [0.15, 0.2) is 101 Å². The second-order valence-electron chi connectivity index (χ2n) is 8.26. The van der Waals surface area contributed by atoms with E-state index in [0.717, 1.165) is 21.0 Å². The van der Waals surface area contributed by atoms with Crippen molar-refractivity contribution in [2.75, 3.05) is 10.8 Å². The van der Waals surface area contributed by atoms with Crippen LogP contribution in [-0.4, -0.2) is 25.4 Å². The molecule has 0 aliphatic rings. The molecule has 184 valence electrons. The van der Waals surface area contributed by atoms with Crippen LogP contribution >= 0.6 is 11.3 Å². The molecule has 4 aromatic carbocycles. The molecule has 0 fully saturated rings. The number of carbonyl (C=O) groups excluding carboxylic acids is 1. The van der Waals surface area contributed by atoms with Crippen molar-refractivity contribution in [1.29, 1.82) is 0 Å². The van der Waals surface area contributed by atoms with Crippen LogP contribution in [0.25, 0.3) is 21.0 Å². The van der Waals surface area contributed by atoms with Gasteiger partial charge in [0, 0.05) is 17.5 Å². The lowest BCUT2D eigenvalue weighted by Crippen LogP contribution is -2.30. The summed E-state index contributed by atoms with van der Waals surface area (Å²) in [7, 11) is -3.79. The first-order valence-corrected chi connectivity index (χ1v) is 13.9. The summed E-state index contributed by atoms with van der Waals surface area (Å²) < 4.78 is 30.7. The number of amides is 1. The lowest BCUT2D eigenvalue weighted by molar-refractivity contribution is 0.0998. The number of benzene rings is 4. The molecule has 0 unspecified atom stereocenters. The second kappa shape index (κ2) is 10.1. The first kappa shape index (κ1) is 24.5. The molecule has 0 saturated heterocycles. The van der Waals surface area contributed by atoms with Crippen LogP contribution < -0.4 is 9.11 Å². The van der Waals surface area contributed by atoms with Gasteiger partial charge in [-0.2, -0.15) is 4.99 Å². The van der Waals surface area contributed by atoms with Gasteiger partial charge in [0.15, 0.2) is 4.80 Å². The monoisotopic (exact) mass is 525 g/mol. The molecular weight excluding hydrogens is 502 g/mol. The van der Waals surface area contributed by atoms with Crippen molar-refractivity contribution < 1.29 is 13.2 Å². The highest BCUT2D eigenvalue weighted by Gasteiger charge is 2.23. The number of para-hydroxylation sites is 1. The molecule has 0 atom stereocenters. The molecule has 0 spiro atoms. The maximum Gasteiger partial charge on any atom is 0.279 e. The van der Waals surface area contributed by atoms with E-state index in [1.165, 1.54) is 39.9 Å². The Morgan fingerprint density at radius 1 is 0.973 bits per heavy atom. The summed E-state index contributed by atoms with van der Waals surface area (Å²) in [5.74, 6) is 2.17. The zero-order valence-electron chi connectivity index (χ0n) is 20.0. The number of fused-ring (bicyclic) bond motifs is 3. The summed E-state index contributed by atoms with van der Waals surface area (Å²) in [6.45, 7) is 2.33. The maximum atomic E-state index is 13.3. The third-order valence-corrected chi connectivity index (χ3v) is 9.09. The smallest absolute Gasteiger partial charge is 0.279 e. The van der Waals surface area contributed by atoms with Gasteiger partial charge in [-0.25, -0.2) is 8.42 Å². The van der Waals surface area contributed by atoms with E-state index in [4.69, 9.17) is 6.42 Å². The van der Waals surface area contributed by atoms with Crippen LogP contribution in [0.5, 0.6) is 0 Å². The number of hydrogen-bond acceptors (Lipinski definition) is 4. The molecule has 6 nitrogen and oxygen atoms in total. The van der Waals surface area contributed by atoms with Gasteiger partial charge in [-0.1, -0.05) is 65.8 Å². The fourth-order valence-corrected chi connectivity index (χ4v) is 6.90. The SMILES string of the molecule is C#CCn1c(=NC(=O)c2ccc(S(=O)(=O)N(CC)c3ccccc3)cc2)sc2c3ccccc3ccc21. The molecule has 5 rings (SSSR count). The molecule has 0 aliphatic heterocycles. The standard InChI is InChI=1S/C29H23N3O3S2/c1-3-20-31-26-19-16-21-10-8-9-13-25(21)27(26)36-29(31)30-28(33)22-14-17-24(18-15-22)37(34,35)32(4-2)23-11-6-5-7-12-23/h1,5-19H,4,20H2,2H3. The largest absolute Gasteiger partial charge is 0.305 e. The number of thiazole rings is 1. The van der Waals surface area contributed by atoms with Crippen LogP contribution in [-0.2, 0) is 16.6 Å². The van der Waals surface area contributed by atoms with Gasteiger partial charge in [-0.05, 0) is 54.8 Å². The molecule has 5 aromatic rings. The number of aromatic nitrogens is 1. The lowest BCUT2D eigenvalue weighted by Gasteiger charge is -2.22. The van der Waals surface area contributed by atoms with Crippen LogP contribution in [0.3, 0.4) is 0 Å². The van der Waals surface area contributed by atoms with Crippen molar-refractivity contribution >= 4 is 53.9 Å². The van der Waals surface area contributed by atoms with Crippen molar-refractivity contribution in [3.63, 3.8) is 0 Å². The van der Waals surface area contributed by atoms with E-state index in [2.05, 4.69) is 10.9 Å². The first-order valence-electron chi connectivity index (χ1n) is 11.7. The summed E-state index contributed by atoms with van der Waals surface area (Å²) >= 11 is 1.41. The quantitative estimate of drug-likeness (QED) is 0.277. The van der Waals surface area contributed by atoms with Crippen molar-refractivity contribution in [2.24, 2.45) is 4.99 Å². The lowest BCUT2D eigenvalue weighted by atomic mass is 10.1. The minimum atomic E-state index is -3.79. The van der Waals surface area contributed by atoms with Crippen LogP contribution in [0, 0.1) is 12.3 Å². The number of nitrogens with zero attached hydrogens (tertiary/aromatic N) is 3. The van der Waals surface area contributed by atoms with Gasteiger partial charge in [-0.15, -0.1) is 6.42 Å². The third-order valence-electron chi connectivity index (χ3n) is 6.04. The minimum absolute atomic E-state index is 0.102. The molecule has 0 saturated carbocycles. The highest BCUT2D eigenvalue weighted by Crippen LogP contribution is 2.28. The van der Waals surface area contributed by atoms with Crippen LogP contribution in [0.1, 0.15) is 17.3 Å². The van der Waals surface area contributed by atoms with Gasteiger partial charge in [0.25, 0.3) is 15.9 Å². The van der Waals surface area contributed by atoms with Gasteiger partial charge in [0.1, 0.15) is 0 Å². The summed E-state index contributed by atoms with van der Waals surface area (Å²) in [5.41, 5.74) is 1.78. The highest BCUT2D eigenvalue weighted by molar-refractivity contribution is 7.92. The third kappa shape index (κ3) is 4.55. The van der Waals surface area contributed by atoms with E-state index < -0.39 is 15.9 Å². The topological polar surface area (TPSA) is 71.7 Å². The average molecular weight is 526 g/mol. The Balaban J connectivity index is 1.52. The molecule has 8 heteroatoms. The predicted octanol–water partition coefficient (Wildman–Crippen LogP) is 5.45. The fraction of sp³-hybridized carbons (Fsp3) is 0.103. The van der Waals surface area contributed by atoms with E-state index >= 15 is 0 Å². The van der Waals surface area contributed by atoms with Gasteiger partial charge in [0.2, 0.25) is 0 Å². The Bertz CT molecular complexity index is 1830. The normalized spacial score (nSPS) is 12.1. The average Bonchev–Trinajstić information content (AvgIpc) is 3.27. The van der Waals surface area contributed by atoms with Gasteiger partial charge in [0.05, 0.1) is 27.3 Å². The number of terminal acetylenes is 1. The van der Waals surface area contributed by atoms with Crippen molar-refractivity contribution in [3.05, 3.63) is 101 Å². The molecule has 1 aromatic heterocycles. The van der Waals surface area contributed by atoms with E-state index in [1.807, 2.05) is 47.0 Å². The molecule has 1 heterocycles. The first-order chi connectivity index (χ1) is 17.9. The fourth-order valence-electron chi connectivity index (χ4n) is 4.26. The Morgan fingerprint density at radius 3 is 2.38 bits per heavy atom. The Labute approximate surface area is 219 Å².